The monoisotopic (exact) mass is 445 g/mol. The molecular weight excluding hydrogens is 421 g/mol. The van der Waals surface area contributed by atoms with Gasteiger partial charge in [0.15, 0.2) is 0 Å². The maximum absolute atomic E-state index is 13.5. The van der Waals surface area contributed by atoms with E-state index in [9.17, 15) is 4.79 Å². The van der Waals surface area contributed by atoms with Crippen LogP contribution in [0.3, 0.4) is 0 Å². The van der Waals surface area contributed by atoms with Crippen LogP contribution >= 0.6 is 24.8 Å². The number of likely N-dealkylation sites (tertiary alicyclic amines) is 1. The first kappa shape index (κ1) is 22.3. The molecule has 0 bridgehead atoms. The molecule has 0 saturated carbocycles. The van der Waals surface area contributed by atoms with E-state index >= 15 is 0 Å². The van der Waals surface area contributed by atoms with E-state index in [0.717, 1.165) is 71.3 Å². The number of rotatable bonds is 2. The first-order valence-electron chi connectivity index (χ1n) is 9.91. The Morgan fingerprint density at radius 2 is 2.00 bits per heavy atom. The Balaban J connectivity index is 0.00000128. The molecule has 3 aromatic rings. The summed E-state index contributed by atoms with van der Waals surface area (Å²) in [6, 6.07) is 11.8. The Labute approximate surface area is 188 Å². The number of halogens is 2. The molecule has 1 aliphatic carbocycles. The van der Waals surface area contributed by atoms with E-state index in [1.807, 2.05) is 41.3 Å². The average molecular weight is 446 g/mol. The van der Waals surface area contributed by atoms with Gasteiger partial charge in [0.1, 0.15) is 5.76 Å². The fourth-order valence-corrected chi connectivity index (χ4v) is 4.39. The van der Waals surface area contributed by atoms with E-state index in [2.05, 4.69) is 6.08 Å². The van der Waals surface area contributed by atoms with Gasteiger partial charge in [0.2, 0.25) is 0 Å². The van der Waals surface area contributed by atoms with Crippen LogP contribution in [0.15, 0.2) is 47.1 Å². The van der Waals surface area contributed by atoms with Crippen molar-refractivity contribution >= 4 is 53.3 Å². The first-order chi connectivity index (χ1) is 13.7. The molecule has 1 fully saturated rings. The number of allylic oxidation sites excluding steroid dienone is 1. The molecule has 1 amide bonds. The Morgan fingerprint density at radius 3 is 2.73 bits per heavy atom. The van der Waals surface area contributed by atoms with Gasteiger partial charge in [-0.1, -0.05) is 18.2 Å². The molecule has 7 heteroatoms. The number of hydrogen-bond donors (Lipinski definition) is 1. The lowest BCUT2D eigenvalue weighted by Crippen LogP contribution is -2.33. The second-order valence-electron chi connectivity index (χ2n) is 7.67. The maximum Gasteiger partial charge on any atom is 0.254 e. The number of carbonyl (C=O) groups is 1. The van der Waals surface area contributed by atoms with Crippen molar-refractivity contribution in [2.24, 2.45) is 5.73 Å². The molecular formula is C23H25Cl2N3O2. The zero-order valence-corrected chi connectivity index (χ0v) is 18.2. The molecule has 1 atom stereocenters. The SMILES string of the molecule is Cl.Cl.N[C@@H]1CCN(C(=O)c2c3c(nc4ccccc24)/C(=C\c2ccco2)CCC3)C1. The normalized spacial score (nSPS) is 19.3. The molecule has 1 aromatic carbocycles. The molecule has 2 N–H and O–H groups in total. The quantitative estimate of drug-likeness (QED) is 0.618. The number of amides is 1. The van der Waals surface area contributed by atoms with Gasteiger partial charge in [0.05, 0.1) is 23.0 Å². The highest BCUT2D eigenvalue weighted by atomic mass is 35.5. The summed E-state index contributed by atoms with van der Waals surface area (Å²) in [5, 5.41) is 0.936. The minimum absolute atomic E-state index is 0. The molecule has 5 rings (SSSR count). The number of nitrogens with two attached hydrogens (primary N) is 1. The lowest BCUT2D eigenvalue weighted by atomic mass is 9.86. The molecule has 1 saturated heterocycles. The van der Waals surface area contributed by atoms with Crippen LogP contribution in [0.1, 0.15) is 46.6 Å². The fourth-order valence-electron chi connectivity index (χ4n) is 4.39. The number of carbonyl (C=O) groups excluding carboxylic acids is 1. The van der Waals surface area contributed by atoms with Gasteiger partial charge in [0, 0.05) is 24.5 Å². The van der Waals surface area contributed by atoms with Crippen molar-refractivity contribution in [3.8, 4) is 0 Å². The average Bonchev–Trinajstić information content (AvgIpc) is 3.38. The predicted octanol–water partition coefficient (Wildman–Crippen LogP) is 4.72. The topological polar surface area (TPSA) is 72.4 Å². The maximum atomic E-state index is 13.5. The second kappa shape index (κ2) is 9.21. The number of furan rings is 1. The van der Waals surface area contributed by atoms with Gasteiger partial charge in [-0.25, -0.2) is 4.98 Å². The third kappa shape index (κ3) is 3.97. The number of benzene rings is 1. The molecule has 5 nitrogen and oxygen atoms in total. The van der Waals surface area contributed by atoms with Crippen LogP contribution < -0.4 is 5.73 Å². The smallest absolute Gasteiger partial charge is 0.254 e. The molecule has 3 heterocycles. The summed E-state index contributed by atoms with van der Waals surface area (Å²) in [6.45, 7) is 1.35. The summed E-state index contributed by atoms with van der Waals surface area (Å²) in [7, 11) is 0. The molecule has 2 aromatic heterocycles. The van der Waals surface area contributed by atoms with Crippen LogP contribution in [0.5, 0.6) is 0 Å². The van der Waals surface area contributed by atoms with Crippen LogP contribution in [0.4, 0.5) is 0 Å². The van der Waals surface area contributed by atoms with Crippen LogP contribution in [0.2, 0.25) is 0 Å². The number of hydrogen-bond acceptors (Lipinski definition) is 4. The molecule has 0 spiro atoms. The van der Waals surface area contributed by atoms with E-state index in [1.165, 1.54) is 0 Å². The zero-order valence-electron chi connectivity index (χ0n) is 16.5. The largest absolute Gasteiger partial charge is 0.465 e. The summed E-state index contributed by atoms with van der Waals surface area (Å²) < 4.78 is 5.52. The highest BCUT2D eigenvalue weighted by Gasteiger charge is 2.30. The van der Waals surface area contributed by atoms with Crippen LogP contribution in [0, 0.1) is 0 Å². The lowest BCUT2D eigenvalue weighted by Gasteiger charge is -2.25. The van der Waals surface area contributed by atoms with Gasteiger partial charge < -0.3 is 15.1 Å². The summed E-state index contributed by atoms with van der Waals surface area (Å²) in [4.78, 5) is 20.4. The van der Waals surface area contributed by atoms with Crippen molar-refractivity contribution in [2.75, 3.05) is 13.1 Å². The Bertz CT molecular complexity index is 1080. The van der Waals surface area contributed by atoms with Crippen molar-refractivity contribution in [1.29, 1.82) is 0 Å². The highest BCUT2D eigenvalue weighted by molar-refractivity contribution is 6.09. The number of para-hydroxylation sites is 1. The zero-order chi connectivity index (χ0) is 19.1. The van der Waals surface area contributed by atoms with Gasteiger partial charge in [-0.05, 0) is 61.1 Å². The lowest BCUT2D eigenvalue weighted by molar-refractivity contribution is 0.0791. The van der Waals surface area contributed by atoms with Crippen LogP contribution in [-0.4, -0.2) is 34.9 Å². The van der Waals surface area contributed by atoms with Gasteiger partial charge in [-0.2, -0.15) is 0 Å². The number of nitrogens with zero attached hydrogens (tertiary/aromatic N) is 2. The number of pyridine rings is 1. The van der Waals surface area contributed by atoms with Crippen molar-refractivity contribution < 1.29 is 9.21 Å². The first-order valence-corrected chi connectivity index (χ1v) is 9.91. The van der Waals surface area contributed by atoms with Crippen LogP contribution in [0.25, 0.3) is 22.6 Å². The highest BCUT2D eigenvalue weighted by Crippen LogP contribution is 2.37. The second-order valence-corrected chi connectivity index (χ2v) is 7.67. The number of aromatic nitrogens is 1. The summed E-state index contributed by atoms with van der Waals surface area (Å²) in [6.07, 6.45) is 7.39. The summed E-state index contributed by atoms with van der Waals surface area (Å²) in [5.41, 5.74) is 10.9. The predicted molar refractivity (Wildman–Crippen MR) is 124 cm³/mol. The Kier molecular flexibility index (Phi) is 6.86. The van der Waals surface area contributed by atoms with E-state index < -0.39 is 0 Å². The van der Waals surface area contributed by atoms with Crippen molar-refractivity contribution in [3.05, 3.63) is 65.2 Å². The van der Waals surface area contributed by atoms with Crippen molar-refractivity contribution in [3.63, 3.8) is 0 Å². The molecule has 2 aliphatic rings. The third-order valence-corrected chi connectivity index (χ3v) is 5.76. The van der Waals surface area contributed by atoms with Gasteiger partial charge in [0.25, 0.3) is 5.91 Å². The van der Waals surface area contributed by atoms with E-state index in [1.54, 1.807) is 6.26 Å². The molecule has 0 radical (unpaired) electrons. The van der Waals surface area contributed by atoms with Crippen molar-refractivity contribution in [1.82, 2.24) is 9.88 Å². The number of fused-ring (bicyclic) bond motifs is 2. The van der Waals surface area contributed by atoms with E-state index in [-0.39, 0.29) is 36.8 Å². The molecule has 158 valence electrons. The Hall–Kier alpha value is -2.34. The third-order valence-electron chi connectivity index (χ3n) is 5.76. The van der Waals surface area contributed by atoms with Crippen molar-refractivity contribution in [2.45, 2.75) is 31.7 Å². The van der Waals surface area contributed by atoms with Crippen LogP contribution in [-0.2, 0) is 6.42 Å². The molecule has 30 heavy (non-hydrogen) atoms. The van der Waals surface area contributed by atoms with Gasteiger partial charge in [-0.3, -0.25) is 4.79 Å². The Morgan fingerprint density at radius 1 is 1.17 bits per heavy atom. The van der Waals surface area contributed by atoms with Gasteiger partial charge in [-0.15, -0.1) is 24.8 Å². The minimum Gasteiger partial charge on any atom is -0.465 e. The van der Waals surface area contributed by atoms with E-state index in [4.69, 9.17) is 15.1 Å². The fraction of sp³-hybridized carbons (Fsp3) is 0.304. The standard InChI is InChI=1S/C23H23N3O2.2ClH/c24-16-10-11-26(14-16)23(27)21-18-7-1-2-9-20(18)25-22-15(5-3-8-19(21)22)13-17-6-4-12-28-17;;/h1-2,4,6-7,9,12-13,16H,3,5,8,10-11,14,24H2;2*1H/b15-13-;;/t16-;;/m1../s1. The minimum atomic E-state index is 0. The van der Waals surface area contributed by atoms with E-state index in [0.29, 0.717) is 6.54 Å². The summed E-state index contributed by atoms with van der Waals surface area (Å²) in [5.74, 6) is 0.901. The molecule has 1 aliphatic heterocycles. The summed E-state index contributed by atoms with van der Waals surface area (Å²) >= 11 is 0. The van der Waals surface area contributed by atoms with Gasteiger partial charge >= 0.3 is 0 Å². The molecule has 0 unspecified atom stereocenters.